The number of rotatable bonds is 6. The predicted molar refractivity (Wildman–Crippen MR) is 75.3 cm³/mol. The van der Waals surface area contributed by atoms with E-state index in [-0.39, 0.29) is 5.82 Å². The quantitative estimate of drug-likeness (QED) is 0.801. The van der Waals surface area contributed by atoms with E-state index < -0.39 is 5.97 Å². The molecule has 0 saturated heterocycles. The van der Waals surface area contributed by atoms with Gasteiger partial charge in [-0.15, -0.1) is 0 Å². The molecule has 5 nitrogen and oxygen atoms in total. The van der Waals surface area contributed by atoms with E-state index in [1.54, 1.807) is 0 Å². The van der Waals surface area contributed by atoms with Gasteiger partial charge in [0.2, 0.25) is 5.82 Å². The Morgan fingerprint density at radius 2 is 2.00 bits per heavy atom. The number of esters is 1. The van der Waals surface area contributed by atoms with Gasteiger partial charge in [0.1, 0.15) is 5.82 Å². The molecule has 1 aromatic heterocycles. The molecule has 0 aliphatic rings. The Morgan fingerprint density at radius 3 is 2.53 bits per heavy atom. The molecule has 19 heavy (non-hydrogen) atoms. The highest BCUT2D eigenvalue weighted by molar-refractivity contribution is 5.85. The first kappa shape index (κ1) is 15.4. The lowest BCUT2D eigenvalue weighted by atomic mass is 9.95. The number of hydrogen-bond donors (Lipinski definition) is 1. The van der Waals surface area contributed by atoms with Crippen LogP contribution in [0.2, 0.25) is 0 Å². The van der Waals surface area contributed by atoms with Gasteiger partial charge >= 0.3 is 5.97 Å². The fraction of sp³-hybridized carbons (Fsp3) is 0.643. The molecule has 106 valence electrons. The summed E-state index contributed by atoms with van der Waals surface area (Å²) in [5, 5.41) is 3.35. The van der Waals surface area contributed by atoms with Gasteiger partial charge in [0.25, 0.3) is 0 Å². The first-order chi connectivity index (χ1) is 9.01. The van der Waals surface area contributed by atoms with Crippen LogP contribution in [0, 0.1) is 12.8 Å². The van der Waals surface area contributed by atoms with Crippen LogP contribution in [0.5, 0.6) is 0 Å². The molecule has 0 aliphatic carbocycles. The average molecular weight is 265 g/mol. The first-order valence-corrected chi connectivity index (χ1v) is 6.72. The normalized spacial score (nSPS) is 12.3. The maximum atomic E-state index is 11.5. The first-order valence-electron chi connectivity index (χ1n) is 6.72. The summed E-state index contributed by atoms with van der Waals surface area (Å²) in [6.07, 6.45) is 2.22. The molecule has 0 bridgehead atoms. The Bertz CT molecular complexity index is 431. The summed E-state index contributed by atoms with van der Waals surface area (Å²) >= 11 is 0. The van der Waals surface area contributed by atoms with Gasteiger partial charge in [-0.2, -0.15) is 0 Å². The molecule has 5 heteroatoms. The van der Waals surface area contributed by atoms with Crippen LogP contribution in [0.1, 0.15) is 49.9 Å². The van der Waals surface area contributed by atoms with E-state index in [1.807, 2.05) is 13.0 Å². The zero-order chi connectivity index (χ0) is 14.4. The molecular formula is C14H23N3O2. The Balaban J connectivity index is 2.89. The molecule has 1 rings (SSSR count). The van der Waals surface area contributed by atoms with Crippen LogP contribution in [-0.2, 0) is 4.74 Å². The topological polar surface area (TPSA) is 64.1 Å². The highest BCUT2D eigenvalue weighted by Gasteiger charge is 2.16. The van der Waals surface area contributed by atoms with Gasteiger partial charge in [0, 0.05) is 17.8 Å². The maximum absolute atomic E-state index is 11.5. The number of anilines is 1. The summed E-state index contributed by atoms with van der Waals surface area (Å²) in [4.78, 5) is 19.7. The molecule has 0 amide bonds. The molecule has 0 radical (unpaired) electrons. The molecule has 0 fully saturated rings. The second-order valence-electron chi connectivity index (χ2n) is 4.72. The van der Waals surface area contributed by atoms with Crippen LogP contribution < -0.4 is 5.32 Å². The van der Waals surface area contributed by atoms with E-state index in [0.29, 0.717) is 17.8 Å². The summed E-state index contributed by atoms with van der Waals surface area (Å²) in [5.74, 6) is 0.841. The van der Waals surface area contributed by atoms with Crippen molar-refractivity contribution in [2.24, 2.45) is 5.92 Å². The molecular weight excluding hydrogens is 242 g/mol. The third kappa shape index (κ3) is 4.19. The number of nitrogens with one attached hydrogen (secondary N) is 1. The van der Waals surface area contributed by atoms with Gasteiger partial charge < -0.3 is 10.1 Å². The summed E-state index contributed by atoms with van der Waals surface area (Å²) in [6, 6.07) is 2.14. The van der Waals surface area contributed by atoms with Crippen molar-refractivity contribution in [3.8, 4) is 0 Å². The number of hydrogen-bond acceptors (Lipinski definition) is 5. The van der Waals surface area contributed by atoms with Crippen molar-refractivity contribution in [3.05, 3.63) is 17.6 Å². The smallest absolute Gasteiger partial charge is 0.376 e. The fourth-order valence-electron chi connectivity index (χ4n) is 2.17. The van der Waals surface area contributed by atoms with E-state index in [1.165, 1.54) is 7.11 Å². The van der Waals surface area contributed by atoms with E-state index >= 15 is 0 Å². The van der Waals surface area contributed by atoms with Crippen molar-refractivity contribution in [2.75, 3.05) is 12.4 Å². The van der Waals surface area contributed by atoms with Gasteiger partial charge in [0.15, 0.2) is 0 Å². The van der Waals surface area contributed by atoms with Crippen LogP contribution in [0.15, 0.2) is 6.07 Å². The number of aryl methyl sites for hydroxylation is 1. The van der Waals surface area contributed by atoms with Gasteiger partial charge in [-0.1, -0.05) is 26.7 Å². The van der Waals surface area contributed by atoms with Crippen LogP contribution in [0.4, 0.5) is 5.82 Å². The summed E-state index contributed by atoms with van der Waals surface area (Å²) in [5.41, 5.74) is 0.745. The largest absolute Gasteiger partial charge is 0.463 e. The second kappa shape index (κ2) is 7.07. The maximum Gasteiger partial charge on any atom is 0.376 e. The highest BCUT2D eigenvalue weighted by Crippen LogP contribution is 2.17. The van der Waals surface area contributed by atoms with Crippen molar-refractivity contribution >= 4 is 11.8 Å². The SMILES string of the molecule is CCC(CC)C(C)Nc1cc(C)nc(C(=O)OC)n1. The minimum atomic E-state index is -0.512. The Morgan fingerprint density at radius 1 is 1.37 bits per heavy atom. The lowest BCUT2D eigenvalue weighted by Crippen LogP contribution is -2.26. The van der Waals surface area contributed by atoms with E-state index in [9.17, 15) is 4.79 Å². The zero-order valence-electron chi connectivity index (χ0n) is 12.4. The monoisotopic (exact) mass is 265 g/mol. The molecule has 1 aromatic rings. The number of nitrogens with zero attached hydrogens (tertiary/aromatic N) is 2. The molecule has 1 heterocycles. The molecule has 1 atom stereocenters. The van der Waals surface area contributed by atoms with E-state index in [2.05, 4.69) is 40.8 Å². The Hall–Kier alpha value is -1.65. The van der Waals surface area contributed by atoms with Crippen molar-refractivity contribution < 1.29 is 9.53 Å². The number of carbonyl (C=O) groups is 1. The standard InChI is InChI=1S/C14H23N3O2/c1-6-11(7-2)10(4)16-12-8-9(3)15-13(17-12)14(18)19-5/h8,10-11H,6-7H2,1-5H3,(H,15,16,17). The van der Waals surface area contributed by atoms with E-state index in [0.717, 1.165) is 18.5 Å². The number of methoxy groups -OCH3 is 1. The zero-order valence-corrected chi connectivity index (χ0v) is 12.4. The van der Waals surface area contributed by atoms with Crippen LogP contribution in [-0.4, -0.2) is 29.1 Å². The Labute approximate surface area is 114 Å². The Kier molecular flexibility index (Phi) is 5.73. The minimum Gasteiger partial charge on any atom is -0.463 e. The summed E-state index contributed by atoms with van der Waals surface area (Å²) < 4.78 is 4.65. The lowest BCUT2D eigenvalue weighted by Gasteiger charge is -2.23. The number of aromatic nitrogens is 2. The van der Waals surface area contributed by atoms with Crippen LogP contribution in [0.3, 0.4) is 0 Å². The van der Waals surface area contributed by atoms with Gasteiger partial charge in [-0.3, -0.25) is 0 Å². The highest BCUT2D eigenvalue weighted by atomic mass is 16.5. The molecule has 0 spiro atoms. The van der Waals surface area contributed by atoms with Crippen molar-refractivity contribution in [2.45, 2.75) is 46.6 Å². The van der Waals surface area contributed by atoms with Gasteiger partial charge in [-0.25, -0.2) is 14.8 Å². The van der Waals surface area contributed by atoms with Crippen LogP contribution in [0.25, 0.3) is 0 Å². The predicted octanol–water partition coefficient (Wildman–Crippen LogP) is 2.81. The van der Waals surface area contributed by atoms with E-state index in [4.69, 9.17) is 0 Å². The molecule has 1 N–H and O–H groups in total. The minimum absolute atomic E-state index is 0.0988. The number of ether oxygens (including phenoxy) is 1. The van der Waals surface area contributed by atoms with Crippen molar-refractivity contribution in [1.82, 2.24) is 9.97 Å². The fourth-order valence-corrected chi connectivity index (χ4v) is 2.17. The van der Waals surface area contributed by atoms with Crippen molar-refractivity contribution in [3.63, 3.8) is 0 Å². The molecule has 0 aliphatic heterocycles. The number of carbonyl (C=O) groups excluding carboxylic acids is 1. The third-order valence-electron chi connectivity index (χ3n) is 3.35. The van der Waals surface area contributed by atoms with Crippen molar-refractivity contribution in [1.29, 1.82) is 0 Å². The van der Waals surface area contributed by atoms with Crippen LogP contribution >= 0.6 is 0 Å². The summed E-state index contributed by atoms with van der Waals surface area (Å²) in [6.45, 7) is 8.32. The van der Waals surface area contributed by atoms with Gasteiger partial charge in [0.05, 0.1) is 7.11 Å². The lowest BCUT2D eigenvalue weighted by molar-refractivity contribution is 0.0586. The second-order valence-corrected chi connectivity index (χ2v) is 4.72. The summed E-state index contributed by atoms with van der Waals surface area (Å²) in [7, 11) is 1.33. The van der Waals surface area contributed by atoms with Gasteiger partial charge in [-0.05, 0) is 19.8 Å². The molecule has 0 aromatic carbocycles. The average Bonchev–Trinajstić information content (AvgIpc) is 2.38. The molecule has 0 saturated carbocycles. The molecule has 1 unspecified atom stereocenters. The third-order valence-corrected chi connectivity index (χ3v) is 3.35.